The van der Waals surface area contributed by atoms with Crippen LogP contribution in [0.5, 0.6) is 0 Å². The Morgan fingerprint density at radius 2 is 1.86 bits per heavy atom. The number of carbonyl (C=O) groups is 2. The molecular formula is C25H33Cl2N7O2. The molecule has 2 fully saturated rings. The first kappa shape index (κ1) is 26.6. The highest BCUT2D eigenvalue weighted by molar-refractivity contribution is 6.32. The average Bonchev–Trinajstić information content (AvgIpc) is 2.89. The van der Waals surface area contributed by atoms with E-state index in [9.17, 15) is 9.59 Å². The molecule has 0 aliphatic carbocycles. The van der Waals surface area contributed by atoms with Crippen LogP contribution in [0, 0.1) is 0 Å². The van der Waals surface area contributed by atoms with Crippen molar-refractivity contribution in [3.8, 4) is 0 Å². The van der Waals surface area contributed by atoms with Crippen LogP contribution in [0.15, 0.2) is 24.3 Å². The van der Waals surface area contributed by atoms with Crippen molar-refractivity contribution in [1.29, 1.82) is 0 Å². The Hall–Kier alpha value is -2.46. The van der Waals surface area contributed by atoms with Gasteiger partial charge in [0.2, 0.25) is 0 Å². The third kappa shape index (κ3) is 6.26. The fourth-order valence-electron chi connectivity index (χ4n) is 5.17. The van der Waals surface area contributed by atoms with Crippen molar-refractivity contribution in [2.45, 2.75) is 44.8 Å². The molecule has 0 spiro atoms. The van der Waals surface area contributed by atoms with E-state index in [0.29, 0.717) is 24.2 Å². The largest absolute Gasteiger partial charge is 0.382 e. The van der Waals surface area contributed by atoms with Crippen LogP contribution in [0.25, 0.3) is 0 Å². The van der Waals surface area contributed by atoms with E-state index in [1.54, 1.807) is 0 Å². The van der Waals surface area contributed by atoms with Gasteiger partial charge in [-0.2, -0.15) is 0 Å². The highest BCUT2D eigenvalue weighted by atomic mass is 35.5. The molecule has 36 heavy (non-hydrogen) atoms. The minimum absolute atomic E-state index is 0.00124. The van der Waals surface area contributed by atoms with Gasteiger partial charge in [-0.25, -0.2) is 9.97 Å². The molecule has 3 N–H and O–H groups in total. The lowest BCUT2D eigenvalue weighted by Gasteiger charge is -2.47. The molecule has 0 radical (unpaired) electrons. The van der Waals surface area contributed by atoms with E-state index in [1.807, 2.05) is 12.1 Å². The van der Waals surface area contributed by atoms with Crippen LogP contribution in [0.2, 0.25) is 10.2 Å². The summed E-state index contributed by atoms with van der Waals surface area (Å²) in [5.74, 6) is -0.0717. The minimum Gasteiger partial charge on any atom is -0.382 e. The minimum atomic E-state index is -0.570. The highest BCUT2D eigenvalue weighted by Gasteiger charge is 2.34. The van der Waals surface area contributed by atoms with Crippen molar-refractivity contribution in [3.63, 3.8) is 0 Å². The number of nitrogen functional groups attached to an aromatic ring is 1. The summed E-state index contributed by atoms with van der Waals surface area (Å²) < 4.78 is 0. The molecule has 4 rings (SSSR count). The molecule has 2 aromatic rings. The quantitative estimate of drug-likeness (QED) is 0.498. The van der Waals surface area contributed by atoms with Crippen molar-refractivity contribution >= 4 is 47.0 Å². The maximum absolute atomic E-state index is 12.2. The van der Waals surface area contributed by atoms with Crippen LogP contribution >= 0.6 is 23.2 Å². The number of rotatable bonds is 8. The van der Waals surface area contributed by atoms with Gasteiger partial charge in [-0.15, -0.1) is 0 Å². The summed E-state index contributed by atoms with van der Waals surface area (Å²) in [7, 11) is 0. The zero-order chi connectivity index (χ0) is 25.7. The molecule has 0 bridgehead atoms. The number of nitrogens with zero attached hydrogens (tertiary/aromatic N) is 5. The van der Waals surface area contributed by atoms with Crippen LogP contribution in [-0.4, -0.2) is 83.3 Å². The molecule has 2 aliphatic heterocycles. The fraction of sp³-hybridized carbons (Fsp3) is 0.520. The van der Waals surface area contributed by atoms with Gasteiger partial charge in [0.1, 0.15) is 6.29 Å². The number of aromatic nitrogens is 2. The molecule has 1 aromatic carbocycles. The zero-order valence-electron chi connectivity index (χ0n) is 20.5. The summed E-state index contributed by atoms with van der Waals surface area (Å²) in [6.07, 6.45) is 3.88. The second-order valence-corrected chi connectivity index (χ2v) is 10.1. The van der Waals surface area contributed by atoms with Crippen molar-refractivity contribution in [1.82, 2.24) is 25.1 Å². The van der Waals surface area contributed by atoms with Crippen molar-refractivity contribution in [2.24, 2.45) is 0 Å². The summed E-state index contributed by atoms with van der Waals surface area (Å²) in [6, 6.07) is 9.03. The van der Waals surface area contributed by atoms with E-state index >= 15 is 0 Å². The standard InChI is InChI=1S/C25H33Cl2N7O2/c1-2-19-16-33(24-22(27)30-21(23(28)31-24)25(36)29-9-14-35)12-13-34(19)20-7-10-32(11-8-20)15-17-3-5-18(26)6-4-17/h3-6,14,19-20H,2,7-13,15-16H2,1H3,(H2,28,31)(H,29,36). The number of carbonyl (C=O) groups excluding carboxylic acids is 2. The molecule has 3 heterocycles. The SMILES string of the molecule is CCC1CN(c2nc(N)c(C(=O)NCC=O)nc2Cl)CCN1C1CCN(Cc2ccc(Cl)cc2)CC1. The summed E-state index contributed by atoms with van der Waals surface area (Å²) >= 11 is 12.5. The lowest BCUT2D eigenvalue weighted by atomic mass is 9.98. The number of aldehydes is 1. The Morgan fingerprint density at radius 1 is 1.14 bits per heavy atom. The fourth-order valence-corrected chi connectivity index (χ4v) is 5.54. The molecule has 194 valence electrons. The van der Waals surface area contributed by atoms with Crippen LogP contribution in [0.3, 0.4) is 0 Å². The maximum Gasteiger partial charge on any atom is 0.274 e. The average molecular weight is 534 g/mol. The molecule has 9 nitrogen and oxygen atoms in total. The van der Waals surface area contributed by atoms with E-state index < -0.39 is 5.91 Å². The van der Waals surface area contributed by atoms with Gasteiger partial charge in [0, 0.05) is 43.3 Å². The predicted octanol–water partition coefficient (Wildman–Crippen LogP) is 2.86. The number of hydrogen-bond donors (Lipinski definition) is 2. The number of benzene rings is 1. The molecule has 2 aliphatic rings. The second kappa shape index (κ2) is 12.2. The number of piperazine rings is 1. The smallest absolute Gasteiger partial charge is 0.274 e. The predicted molar refractivity (Wildman–Crippen MR) is 143 cm³/mol. The molecule has 0 saturated carbocycles. The van der Waals surface area contributed by atoms with Gasteiger partial charge >= 0.3 is 0 Å². The number of anilines is 2. The van der Waals surface area contributed by atoms with Gasteiger partial charge in [-0.1, -0.05) is 42.3 Å². The Kier molecular flexibility index (Phi) is 9.00. The van der Waals surface area contributed by atoms with Gasteiger partial charge < -0.3 is 20.7 Å². The van der Waals surface area contributed by atoms with Crippen LogP contribution < -0.4 is 16.0 Å². The topological polar surface area (TPSA) is 108 Å². The third-order valence-electron chi connectivity index (χ3n) is 7.07. The maximum atomic E-state index is 12.2. The summed E-state index contributed by atoms with van der Waals surface area (Å²) in [4.78, 5) is 38.6. The van der Waals surface area contributed by atoms with Gasteiger partial charge in [-0.3, -0.25) is 14.6 Å². The van der Waals surface area contributed by atoms with E-state index in [4.69, 9.17) is 28.9 Å². The molecular weight excluding hydrogens is 501 g/mol. The molecule has 1 atom stereocenters. The lowest BCUT2D eigenvalue weighted by Crippen LogP contribution is -2.58. The molecule has 2 saturated heterocycles. The van der Waals surface area contributed by atoms with Crippen LogP contribution in [0.1, 0.15) is 42.2 Å². The number of likely N-dealkylation sites (tertiary alicyclic amines) is 1. The normalized spacial score (nSPS) is 19.9. The first-order valence-electron chi connectivity index (χ1n) is 12.4. The van der Waals surface area contributed by atoms with E-state index in [-0.39, 0.29) is 23.2 Å². The van der Waals surface area contributed by atoms with E-state index in [0.717, 1.165) is 63.6 Å². The van der Waals surface area contributed by atoms with Crippen LogP contribution in [0.4, 0.5) is 11.6 Å². The number of amides is 1. The van der Waals surface area contributed by atoms with Gasteiger partial charge in [0.25, 0.3) is 5.91 Å². The van der Waals surface area contributed by atoms with Crippen molar-refractivity contribution < 1.29 is 9.59 Å². The third-order valence-corrected chi connectivity index (χ3v) is 7.57. The monoisotopic (exact) mass is 533 g/mol. The van der Waals surface area contributed by atoms with Crippen molar-refractivity contribution in [3.05, 3.63) is 45.7 Å². The number of piperidine rings is 1. The highest BCUT2D eigenvalue weighted by Crippen LogP contribution is 2.30. The zero-order valence-corrected chi connectivity index (χ0v) is 22.0. The first-order chi connectivity index (χ1) is 17.4. The summed E-state index contributed by atoms with van der Waals surface area (Å²) in [5, 5.41) is 3.33. The summed E-state index contributed by atoms with van der Waals surface area (Å²) in [6.45, 7) is 7.61. The van der Waals surface area contributed by atoms with Crippen LogP contribution in [-0.2, 0) is 11.3 Å². The van der Waals surface area contributed by atoms with Gasteiger partial charge in [0.05, 0.1) is 6.54 Å². The van der Waals surface area contributed by atoms with Crippen molar-refractivity contribution in [2.75, 3.05) is 49.9 Å². The number of nitrogens with one attached hydrogen (secondary N) is 1. The Labute approximate surface area is 221 Å². The Morgan fingerprint density at radius 3 is 2.53 bits per heavy atom. The second-order valence-electron chi connectivity index (χ2n) is 9.33. The van der Waals surface area contributed by atoms with Gasteiger partial charge in [-0.05, 0) is 50.0 Å². The Bertz CT molecular complexity index is 1060. The number of nitrogens with two attached hydrogens (primary N) is 1. The molecule has 1 amide bonds. The summed E-state index contributed by atoms with van der Waals surface area (Å²) in [5.41, 5.74) is 7.25. The first-order valence-corrected chi connectivity index (χ1v) is 13.2. The van der Waals surface area contributed by atoms with Gasteiger partial charge in [0.15, 0.2) is 22.5 Å². The van der Waals surface area contributed by atoms with E-state index in [1.165, 1.54) is 5.56 Å². The molecule has 1 unspecified atom stereocenters. The lowest BCUT2D eigenvalue weighted by molar-refractivity contribution is -0.107. The number of hydrogen-bond acceptors (Lipinski definition) is 8. The number of halogens is 2. The van der Waals surface area contributed by atoms with E-state index in [2.05, 4.69) is 49.0 Å². The Balaban J connectivity index is 1.36. The molecule has 1 aromatic heterocycles. The molecule has 11 heteroatoms.